The van der Waals surface area contributed by atoms with Crippen LogP contribution < -0.4 is 9.21 Å². The number of sulfonamides is 1. The maximum atomic E-state index is 14.1. The summed E-state index contributed by atoms with van der Waals surface area (Å²) >= 11 is 0. The quantitative estimate of drug-likeness (QED) is 0.569. The molecule has 0 unspecified atom stereocenters. The smallest absolute Gasteiger partial charge is 0.264 e. The molecule has 2 aliphatic rings. The van der Waals surface area contributed by atoms with Gasteiger partial charge in [-0.05, 0) is 61.4 Å². The third-order valence-corrected chi connectivity index (χ3v) is 8.48. The Kier molecular flexibility index (Phi) is 5.77. The van der Waals surface area contributed by atoms with Crippen molar-refractivity contribution in [3.05, 3.63) is 89.7 Å². The van der Waals surface area contributed by atoms with E-state index >= 15 is 0 Å². The van der Waals surface area contributed by atoms with Crippen LogP contribution in [0.4, 0.5) is 15.8 Å². The van der Waals surface area contributed by atoms with E-state index in [0.29, 0.717) is 49.5 Å². The Morgan fingerprint density at radius 1 is 0.882 bits per heavy atom. The molecule has 0 radical (unpaired) electrons. The molecule has 1 saturated heterocycles. The highest BCUT2D eigenvalue weighted by Gasteiger charge is 2.36. The average molecular weight is 480 g/mol. The second-order valence-electron chi connectivity index (χ2n) is 8.74. The summed E-state index contributed by atoms with van der Waals surface area (Å²) in [6.45, 7) is 3.98. The monoisotopic (exact) mass is 479 g/mol. The van der Waals surface area contributed by atoms with Crippen molar-refractivity contribution in [3.8, 4) is 0 Å². The predicted octanol–water partition coefficient (Wildman–Crippen LogP) is 3.93. The number of carbonyl (C=O) groups is 1. The minimum Gasteiger partial charge on any atom is -0.366 e. The molecule has 1 amide bonds. The number of benzene rings is 3. The lowest BCUT2D eigenvalue weighted by Gasteiger charge is -2.36. The molecule has 0 aromatic heterocycles. The van der Waals surface area contributed by atoms with Crippen molar-refractivity contribution in [2.45, 2.75) is 24.3 Å². The first-order chi connectivity index (χ1) is 16.4. The molecular weight excluding hydrogens is 453 g/mol. The Morgan fingerprint density at radius 3 is 2.26 bits per heavy atom. The molecule has 8 heteroatoms. The zero-order valence-electron chi connectivity index (χ0n) is 18.9. The summed E-state index contributed by atoms with van der Waals surface area (Å²) in [6, 6.07) is 20.1. The van der Waals surface area contributed by atoms with Gasteiger partial charge in [0.15, 0.2) is 0 Å². The summed E-state index contributed by atoms with van der Waals surface area (Å²) in [7, 11) is -3.69. The lowest BCUT2D eigenvalue weighted by atomic mass is 10.1. The lowest BCUT2D eigenvalue weighted by Crippen LogP contribution is -2.49. The van der Waals surface area contributed by atoms with Gasteiger partial charge in [-0.25, -0.2) is 12.8 Å². The van der Waals surface area contributed by atoms with E-state index in [1.54, 1.807) is 59.5 Å². The molecule has 3 aromatic rings. The van der Waals surface area contributed by atoms with E-state index in [1.165, 1.54) is 10.4 Å². The molecule has 176 valence electrons. The van der Waals surface area contributed by atoms with E-state index in [2.05, 4.69) is 0 Å². The molecule has 5 rings (SSSR count). The molecule has 34 heavy (non-hydrogen) atoms. The Balaban J connectivity index is 1.33. The number of anilines is 2. The van der Waals surface area contributed by atoms with Gasteiger partial charge in [0.05, 0.1) is 16.3 Å². The zero-order valence-corrected chi connectivity index (χ0v) is 19.7. The molecule has 0 saturated carbocycles. The number of fused-ring (bicyclic) bond motifs is 1. The summed E-state index contributed by atoms with van der Waals surface area (Å²) in [5.74, 6) is -0.349. The molecule has 0 bridgehead atoms. The topological polar surface area (TPSA) is 60.9 Å². The van der Waals surface area contributed by atoms with Crippen molar-refractivity contribution >= 4 is 27.3 Å². The summed E-state index contributed by atoms with van der Waals surface area (Å²) < 4.78 is 42.1. The fourth-order valence-corrected chi connectivity index (χ4v) is 6.56. The number of halogens is 1. The first-order valence-corrected chi connectivity index (χ1v) is 12.8. The molecule has 0 N–H and O–H groups in total. The van der Waals surface area contributed by atoms with Crippen LogP contribution in [-0.2, 0) is 16.4 Å². The summed E-state index contributed by atoms with van der Waals surface area (Å²) in [5, 5.41) is 0. The van der Waals surface area contributed by atoms with Gasteiger partial charge in [0, 0.05) is 37.8 Å². The molecule has 2 heterocycles. The van der Waals surface area contributed by atoms with Crippen molar-refractivity contribution < 1.29 is 17.6 Å². The summed E-state index contributed by atoms with van der Waals surface area (Å²) in [6.07, 6.45) is 0.545. The Labute approximate surface area is 199 Å². The Morgan fingerprint density at radius 2 is 1.56 bits per heavy atom. The first-order valence-electron chi connectivity index (χ1n) is 11.4. The van der Waals surface area contributed by atoms with Crippen molar-refractivity contribution in [2.24, 2.45) is 0 Å². The van der Waals surface area contributed by atoms with Crippen molar-refractivity contribution in [1.82, 2.24) is 4.90 Å². The van der Waals surface area contributed by atoms with Gasteiger partial charge in [-0.15, -0.1) is 0 Å². The van der Waals surface area contributed by atoms with Crippen molar-refractivity contribution in [3.63, 3.8) is 0 Å². The maximum absolute atomic E-state index is 14.1. The third kappa shape index (κ3) is 3.92. The molecule has 3 aromatic carbocycles. The van der Waals surface area contributed by atoms with Gasteiger partial charge >= 0.3 is 0 Å². The predicted molar refractivity (Wildman–Crippen MR) is 130 cm³/mol. The van der Waals surface area contributed by atoms with Gasteiger partial charge in [-0.2, -0.15) is 0 Å². The van der Waals surface area contributed by atoms with Crippen molar-refractivity contribution in [1.29, 1.82) is 0 Å². The largest absolute Gasteiger partial charge is 0.366 e. The summed E-state index contributed by atoms with van der Waals surface area (Å²) in [5.41, 5.74) is 2.57. The molecular formula is C26H26FN3O3S. The first kappa shape index (κ1) is 22.4. The molecule has 1 atom stereocenters. The maximum Gasteiger partial charge on any atom is 0.264 e. The van der Waals surface area contributed by atoms with E-state index < -0.39 is 10.0 Å². The number of carbonyl (C=O) groups excluding carboxylic acids is 1. The van der Waals surface area contributed by atoms with Gasteiger partial charge in [-0.1, -0.05) is 30.3 Å². The van der Waals surface area contributed by atoms with Crippen LogP contribution >= 0.6 is 0 Å². The number of piperazine rings is 1. The number of rotatable bonds is 4. The van der Waals surface area contributed by atoms with E-state index in [4.69, 9.17) is 0 Å². The normalized spacial score (nSPS) is 18.2. The number of nitrogens with zero attached hydrogens (tertiary/aromatic N) is 3. The van der Waals surface area contributed by atoms with E-state index in [1.807, 2.05) is 24.0 Å². The highest BCUT2D eigenvalue weighted by atomic mass is 32.2. The number of amides is 1. The zero-order chi connectivity index (χ0) is 23.9. The Hall–Kier alpha value is -3.39. The highest BCUT2D eigenvalue weighted by Crippen LogP contribution is 2.37. The van der Waals surface area contributed by atoms with Crippen LogP contribution in [0.25, 0.3) is 0 Å². The van der Waals surface area contributed by atoms with E-state index in [-0.39, 0.29) is 22.7 Å². The second-order valence-corrected chi connectivity index (χ2v) is 10.6. The van der Waals surface area contributed by atoms with Gasteiger partial charge in [0.25, 0.3) is 15.9 Å². The van der Waals surface area contributed by atoms with Gasteiger partial charge in [0.1, 0.15) is 5.82 Å². The molecule has 0 aliphatic carbocycles. The van der Waals surface area contributed by atoms with Crippen LogP contribution in [0.3, 0.4) is 0 Å². The molecule has 1 fully saturated rings. The number of hydrogen-bond acceptors (Lipinski definition) is 4. The van der Waals surface area contributed by atoms with Crippen LogP contribution in [0.2, 0.25) is 0 Å². The summed E-state index contributed by atoms with van der Waals surface area (Å²) in [4.78, 5) is 17.2. The third-order valence-electron chi connectivity index (χ3n) is 6.54. The van der Waals surface area contributed by atoms with E-state index in [9.17, 15) is 17.6 Å². The SMILES string of the molecule is C[C@H]1Cc2cc(C(=O)N3CCN(c4ccccc4F)CC3)ccc2N1S(=O)(=O)c1ccccc1. The van der Waals surface area contributed by atoms with Crippen molar-refractivity contribution in [2.75, 3.05) is 35.4 Å². The van der Waals surface area contributed by atoms with Crippen LogP contribution in [0.15, 0.2) is 77.7 Å². The fourth-order valence-electron chi connectivity index (χ4n) is 4.85. The number of hydrogen-bond donors (Lipinski definition) is 0. The minimum atomic E-state index is -3.69. The van der Waals surface area contributed by atoms with Gasteiger partial charge in [-0.3, -0.25) is 9.10 Å². The van der Waals surface area contributed by atoms with Crippen LogP contribution in [0.1, 0.15) is 22.8 Å². The van der Waals surface area contributed by atoms with E-state index in [0.717, 1.165) is 5.56 Å². The fraction of sp³-hybridized carbons (Fsp3) is 0.269. The van der Waals surface area contributed by atoms with Crippen LogP contribution in [0.5, 0.6) is 0 Å². The molecule has 6 nitrogen and oxygen atoms in total. The average Bonchev–Trinajstić information content (AvgIpc) is 3.20. The van der Waals surface area contributed by atoms with Crippen LogP contribution in [-0.4, -0.2) is 51.4 Å². The van der Waals surface area contributed by atoms with Gasteiger partial charge < -0.3 is 9.80 Å². The molecule has 0 spiro atoms. The lowest BCUT2D eigenvalue weighted by molar-refractivity contribution is 0.0746. The molecule has 2 aliphatic heterocycles. The highest BCUT2D eigenvalue weighted by molar-refractivity contribution is 7.92. The second kappa shape index (κ2) is 8.76. The number of para-hydroxylation sites is 1. The van der Waals surface area contributed by atoms with Crippen LogP contribution in [0, 0.1) is 5.82 Å². The minimum absolute atomic E-state index is 0.0898. The Bertz CT molecular complexity index is 1320. The van der Waals surface area contributed by atoms with Gasteiger partial charge in [0.2, 0.25) is 0 Å². The standard InChI is InChI=1S/C26H26FN3O3S/c1-19-17-21-18-20(11-12-24(21)30(19)34(32,33)22-7-3-2-4-8-22)26(31)29-15-13-28(14-16-29)25-10-6-5-9-23(25)27/h2-12,18-19H,13-17H2,1H3/t19-/m0/s1.